The van der Waals surface area contributed by atoms with Crippen molar-refractivity contribution in [2.45, 2.75) is 40.2 Å². The summed E-state index contributed by atoms with van der Waals surface area (Å²) in [6, 6.07) is 9.14. The fraction of sp³-hybridized carbons (Fsp3) is 0.300. The summed E-state index contributed by atoms with van der Waals surface area (Å²) in [6.07, 6.45) is 0.0745. The Kier molecular flexibility index (Phi) is 4.49. The van der Waals surface area contributed by atoms with E-state index in [1.165, 1.54) is 5.56 Å². The molecule has 5 heteroatoms. The van der Waals surface area contributed by atoms with Crippen LogP contribution >= 0.6 is 0 Å². The summed E-state index contributed by atoms with van der Waals surface area (Å²) in [4.78, 5) is 24.6. The van der Waals surface area contributed by atoms with Crippen LogP contribution in [0.3, 0.4) is 0 Å². The molecule has 0 saturated carbocycles. The summed E-state index contributed by atoms with van der Waals surface area (Å²) in [6.45, 7) is 8.06. The van der Waals surface area contributed by atoms with Crippen molar-refractivity contribution in [3.05, 3.63) is 52.6 Å². The smallest absolute Gasteiger partial charge is 0.247 e. The Hall–Kier alpha value is -2.82. The van der Waals surface area contributed by atoms with Gasteiger partial charge in [-0.15, -0.1) is 0 Å². The van der Waals surface area contributed by atoms with Crippen molar-refractivity contribution in [1.29, 1.82) is 0 Å². The van der Waals surface area contributed by atoms with Gasteiger partial charge < -0.3 is 16.0 Å². The molecule has 1 heterocycles. The molecule has 25 heavy (non-hydrogen) atoms. The fourth-order valence-corrected chi connectivity index (χ4v) is 2.87. The van der Waals surface area contributed by atoms with Crippen LogP contribution in [0.4, 0.5) is 17.1 Å². The van der Waals surface area contributed by atoms with Gasteiger partial charge in [0.2, 0.25) is 11.8 Å². The van der Waals surface area contributed by atoms with E-state index in [-0.39, 0.29) is 18.2 Å². The van der Waals surface area contributed by atoms with Crippen LogP contribution in [-0.4, -0.2) is 17.9 Å². The molecule has 0 fully saturated rings. The first kappa shape index (κ1) is 17.0. The van der Waals surface area contributed by atoms with Gasteiger partial charge in [-0.1, -0.05) is 6.07 Å². The van der Waals surface area contributed by atoms with E-state index in [0.29, 0.717) is 0 Å². The molecule has 0 radical (unpaired) electrons. The topological polar surface area (TPSA) is 70.2 Å². The molecule has 5 nitrogen and oxygen atoms in total. The largest absolute Gasteiger partial charge is 0.372 e. The van der Waals surface area contributed by atoms with Gasteiger partial charge in [-0.25, -0.2) is 0 Å². The molecule has 2 aromatic rings. The first-order chi connectivity index (χ1) is 11.8. The standard InChI is InChI=1S/C20H23N3O2/c1-11-5-6-15(7-12(11)2)21-19(24)10-18-20(25)23-17-9-14(4)13(3)8-16(17)22-18/h5-9,18,22H,10H2,1-4H3,(H,21,24)(H,23,25)/t18-/m0/s1. The highest BCUT2D eigenvalue weighted by Crippen LogP contribution is 2.30. The second-order valence-corrected chi connectivity index (χ2v) is 6.72. The number of anilines is 3. The Morgan fingerprint density at radius 1 is 0.960 bits per heavy atom. The molecule has 3 rings (SSSR count). The molecule has 3 N–H and O–H groups in total. The lowest BCUT2D eigenvalue weighted by molar-refractivity contribution is -0.122. The van der Waals surface area contributed by atoms with Crippen LogP contribution in [0.5, 0.6) is 0 Å². The number of benzene rings is 2. The number of aryl methyl sites for hydroxylation is 4. The van der Waals surface area contributed by atoms with Crippen LogP contribution in [-0.2, 0) is 9.59 Å². The van der Waals surface area contributed by atoms with E-state index < -0.39 is 6.04 Å². The van der Waals surface area contributed by atoms with E-state index in [1.54, 1.807) is 0 Å². The maximum atomic E-state index is 12.3. The van der Waals surface area contributed by atoms with Gasteiger partial charge in [-0.2, -0.15) is 0 Å². The van der Waals surface area contributed by atoms with Gasteiger partial charge >= 0.3 is 0 Å². The zero-order chi connectivity index (χ0) is 18.1. The summed E-state index contributed by atoms with van der Waals surface area (Å²) in [7, 11) is 0. The van der Waals surface area contributed by atoms with Gasteiger partial charge in [-0.3, -0.25) is 9.59 Å². The van der Waals surface area contributed by atoms with Crippen molar-refractivity contribution < 1.29 is 9.59 Å². The van der Waals surface area contributed by atoms with Crippen molar-refractivity contribution in [2.75, 3.05) is 16.0 Å². The third-order valence-corrected chi connectivity index (χ3v) is 4.72. The predicted octanol–water partition coefficient (Wildman–Crippen LogP) is 3.68. The summed E-state index contributed by atoms with van der Waals surface area (Å²) < 4.78 is 0. The van der Waals surface area contributed by atoms with Crippen LogP contribution in [0, 0.1) is 27.7 Å². The van der Waals surface area contributed by atoms with E-state index in [9.17, 15) is 9.59 Å². The molecule has 0 spiro atoms. The minimum Gasteiger partial charge on any atom is -0.372 e. The van der Waals surface area contributed by atoms with E-state index in [2.05, 4.69) is 16.0 Å². The van der Waals surface area contributed by atoms with E-state index in [4.69, 9.17) is 0 Å². The lowest BCUT2D eigenvalue weighted by Crippen LogP contribution is -2.41. The number of carbonyl (C=O) groups excluding carboxylic acids is 2. The predicted molar refractivity (Wildman–Crippen MR) is 101 cm³/mol. The summed E-state index contributed by atoms with van der Waals surface area (Å²) in [5.41, 5.74) is 6.91. The van der Waals surface area contributed by atoms with Gasteiger partial charge in [-0.05, 0) is 74.2 Å². The summed E-state index contributed by atoms with van der Waals surface area (Å²) in [5, 5.41) is 8.92. The molecular weight excluding hydrogens is 314 g/mol. The molecular formula is C20H23N3O2. The lowest BCUT2D eigenvalue weighted by atomic mass is 10.0. The van der Waals surface area contributed by atoms with Crippen LogP contribution in [0.2, 0.25) is 0 Å². The number of carbonyl (C=O) groups is 2. The highest BCUT2D eigenvalue weighted by atomic mass is 16.2. The van der Waals surface area contributed by atoms with Crippen LogP contribution < -0.4 is 16.0 Å². The number of amides is 2. The third-order valence-electron chi connectivity index (χ3n) is 4.72. The Bertz CT molecular complexity index is 858. The summed E-state index contributed by atoms with van der Waals surface area (Å²) >= 11 is 0. The Balaban J connectivity index is 1.69. The first-order valence-corrected chi connectivity index (χ1v) is 8.39. The van der Waals surface area contributed by atoms with E-state index in [0.717, 1.165) is 33.8 Å². The SMILES string of the molecule is Cc1ccc(NC(=O)C[C@@H]2Nc3cc(C)c(C)cc3NC2=O)cc1C. The van der Waals surface area contributed by atoms with Crippen LogP contribution in [0.25, 0.3) is 0 Å². The molecule has 1 aliphatic heterocycles. The van der Waals surface area contributed by atoms with Crippen molar-refractivity contribution in [3.8, 4) is 0 Å². The zero-order valence-corrected chi connectivity index (χ0v) is 15.0. The molecule has 0 unspecified atom stereocenters. The first-order valence-electron chi connectivity index (χ1n) is 8.39. The molecule has 0 aliphatic carbocycles. The van der Waals surface area contributed by atoms with Gasteiger partial charge in [0.05, 0.1) is 17.8 Å². The zero-order valence-electron chi connectivity index (χ0n) is 15.0. The third kappa shape index (κ3) is 3.65. The molecule has 0 aromatic heterocycles. The maximum absolute atomic E-state index is 12.3. The van der Waals surface area contributed by atoms with E-state index >= 15 is 0 Å². The lowest BCUT2D eigenvalue weighted by Gasteiger charge is -2.27. The second-order valence-electron chi connectivity index (χ2n) is 6.72. The van der Waals surface area contributed by atoms with E-state index in [1.807, 2.05) is 58.0 Å². The molecule has 0 saturated heterocycles. The highest BCUT2D eigenvalue weighted by Gasteiger charge is 2.28. The number of rotatable bonds is 3. The monoisotopic (exact) mass is 337 g/mol. The Morgan fingerprint density at radius 2 is 1.60 bits per heavy atom. The van der Waals surface area contributed by atoms with Crippen molar-refractivity contribution in [2.24, 2.45) is 0 Å². The van der Waals surface area contributed by atoms with Crippen LogP contribution in [0.15, 0.2) is 30.3 Å². The minimum absolute atomic E-state index is 0.0745. The molecule has 2 amide bonds. The Morgan fingerprint density at radius 3 is 2.28 bits per heavy atom. The van der Waals surface area contributed by atoms with Crippen molar-refractivity contribution >= 4 is 28.9 Å². The van der Waals surface area contributed by atoms with Crippen LogP contribution in [0.1, 0.15) is 28.7 Å². The van der Waals surface area contributed by atoms with Gasteiger partial charge in [0, 0.05) is 5.69 Å². The quantitative estimate of drug-likeness (QED) is 0.800. The number of hydrogen-bond acceptors (Lipinski definition) is 3. The number of hydrogen-bond donors (Lipinski definition) is 3. The highest BCUT2D eigenvalue weighted by molar-refractivity contribution is 6.06. The van der Waals surface area contributed by atoms with Gasteiger partial charge in [0.1, 0.15) is 6.04 Å². The summed E-state index contributed by atoms with van der Waals surface area (Å²) in [5.74, 6) is -0.380. The number of nitrogens with one attached hydrogen (secondary N) is 3. The number of fused-ring (bicyclic) bond motifs is 1. The van der Waals surface area contributed by atoms with Gasteiger partial charge in [0.25, 0.3) is 0 Å². The normalized spacial score (nSPS) is 15.8. The van der Waals surface area contributed by atoms with Gasteiger partial charge in [0.15, 0.2) is 0 Å². The average Bonchev–Trinajstić information content (AvgIpc) is 2.54. The minimum atomic E-state index is -0.582. The maximum Gasteiger partial charge on any atom is 0.247 e. The Labute approximate surface area is 147 Å². The molecule has 0 bridgehead atoms. The fourth-order valence-electron chi connectivity index (χ4n) is 2.87. The van der Waals surface area contributed by atoms with Crippen molar-refractivity contribution in [1.82, 2.24) is 0 Å². The average molecular weight is 337 g/mol. The van der Waals surface area contributed by atoms with Crippen molar-refractivity contribution in [3.63, 3.8) is 0 Å². The molecule has 1 atom stereocenters. The molecule has 1 aliphatic rings. The molecule has 130 valence electrons. The second kappa shape index (κ2) is 6.59. The molecule has 2 aromatic carbocycles.